The summed E-state index contributed by atoms with van der Waals surface area (Å²) >= 11 is 0. The number of amides is 1. The lowest BCUT2D eigenvalue weighted by Gasteiger charge is -2.16. The van der Waals surface area contributed by atoms with E-state index in [1.54, 1.807) is 6.92 Å². The molecule has 10 heteroatoms. The van der Waals surface area contributed by atoms with Crippen molar-refractivity contribution in [2.75, 3.05) is 13.1 Å². The normalized spacial score (nSPS) is 19.7. The molecule has 1 saturated heterocycles. The van der Waals surface area contributed by atoms with E-state index in [4.69, 9.17) is 0 Å². The fourth-order valence-electron chi connectivity index (χ4n) is 2.25. The first-order chi connectivity index (χ1) is 10.1. The molecule has 22 heavy (non-hydrogen) atoms. The average molecular weight is 337 g/mol. The maximum atomic E-state index is 12.9. The van der Waals surface area contributed by atoms with Crippen LogP contribution in [0.1, 0.15) is 18.9 Å². The van der Waals surface area contributed by atoms with Gasteiger partial charge in [-0.2, -0.15) is 13.2 Å². The van der Waals surface area contributed by atoms with Gasteiger partial charge in [0.05, 0.1) is 5.56 Å². The first-order valence-corrected chi connectivity index (χ1v) is 7.95. The fraction of sp³-hybridized carbons (Fsp3) is 0.500. The van der Waals surface area contributed by atoms with E-state index < -0.39 is 32.8 Å². The molecule has 0 radical (unpaired) electrons. The van der Waals surface area contributed by atoms with Crippen molar-refractivity contribution in [1.29, 1.82) is 0 Å². The van der Waals surface area contributed by atoms with Crippen LogP contribution in [0, 0.1) is 0 Å². The molecular formula is C12H14F3N3O3S. The number of nitrogens with zero attached hydrogens (tertiary/aromatic N) is 2. The number of hydrogen-bond acceptors (Lipinski definition) is 4. The van der Waals surface area contributed by atoms with Crippen molar-refractivity contribution >= 4 is 15.9 Å². The van der Waals surface area contributed by atoms with E-state index in [9.17, 15) is 26.4 Å². The Morgan fingerprint density at radius 3 is 2.68 bits per heavy atom. The number of halogens is 3. The molecule has 0 spiro atoms. The van der Waals surface area contributed by atoms with Crippen LogP contribution in [0.25, 0.3) is 0 Å². The second-order valence-corrected chi connectivity index (χ2v) is 6.44. The molecule has 2 heterocycles. The summed E-state index contributed by atoms with van der Waals surface area (Å²) in [6, 6.07) is 0.903. The molecule has 122 valence electrons. The highest BCUT2D eigenvalue weighted by Crippen LogP contribution is 2.33. The van der Waals surface area contributed by atoms with E-state index >= 15 is 0 Å². The zero-order valence-electron chi connectivity index (χ0n) is 11.6. The van der Waals surface area contributed by atoms with Gasteiger partial charge < -0.3 is 4.90 Å². The van der Waals surface area contributed by atoms with Gasteiger partial charge in [0.15, 0.2) is 5.03 Å². The van der Waals surface area contributed by atoms with Crippen LogP contribution >= 0.6 is 0 Å². The standard InChI is InChI=1S/C12H14F3N3O3S/c1-2-18-7-8(6-10(18)19)17-22(20,21)11-9(12(13,14)15)4-3-5-16-11/h3-5,8,17H,2,6-7H2,1H3. The van der Waals surface area contributed by atoms with Gasteiger partial charge in [-0.1, -0.05) is 0 Å². The van der Waals surface area contributed by atoms with Crippen LogP contribution < -0.4 is 4.72 Å². The Bertz CT molecular complexity index is 676. The Morgan fingerprint density at radius 2 is 2.14 bits per heavy atom. The van der Waals surface area contributed by atoms with Crippen LogP contribution in [0.2, 0.25) is 0 Å². The van der Waals surface area contributed by atoms with Crippen LogP contribution in [0.4, 0.5) is 13.2 Å². The number of hydrogen-bond donors (Lipinski definition) is 1. The number of aromatic nitrogens is 1. The summed E-state index contributed by atoms with van der Waals surface area (Å²) in [7, 11) is -4.47. The quantitative estimate of drug-likeness (QED) is 0.889. The minimum atomic E-state index is -4.83. The van der Waals surface area contributed by atoms with Gasteiger partial charge in [-0.15, -0.1) is 0 Å². The zero-order valence-corrected chi connectivity index (χ0v) is 12.4. The molecule has 1 aromatic rings. The number of rotatable bonds is 4. The predicted octanol–water partition coefficient (Wildman–Crippen LogP) is 1.000. The van der Waals surface area contributed by atoms with Crippen LogP contribution in [0.3, 0.4) is 0 Å². The van der Waals surface area contributed by atoms with E-state index in [2.05, 4.69) is 9.71 Å². The third-order valence-corrected chi connectivity index (χ3v) is 4.73. The first kappa shape index (κ1) is 16.7. The molecule has 6 nitrogen and oxygen atoms in total. The Morgan fingerprint density at radius 1 is 1.45 bits per heavy atom. The Labute approximate surface area is 125 Å². The molecular weight excluding hydrogens is 323 g/mol. The van der Waals surface area contributed by atoms with Gasteiger partial charge in [0.1, 0.15) is 0 Å². The van der Waals surface area contributed by atoms with Crippen LogP contribution in [-0.2, 0) is 21.0 Å². The van der Waals surface area contributed by atoms with Gasteiger partial charge in [0.2, 0.25) is 5.91 Å². The molecule has 1 aromatic heterocycles. The largest absolute Gasteiger partial charge is 0.419 e. The summed E-state index contributed by atoms with van der Waals surface area (Å²) < 4.78 is 65.1. The molecule has 1 atom stereocenters. The average Bonchev–Trinajstić information content (AvgIpc) is 2.77. The molecule has 0 bridgehead atoms. The van der Waals surface area contributed by atoms with Crippen molar-refractivity contribution in [3.63, 3.8) is 0 Å². The van der Waals surface area contributed by atoms with Crippen molar-refractivity contribution in [2.24, 2.45) is 0 Å². The van der Waals surface area contributed by atoms with E-state index in [-0.39, 0.29) is 18.9 Å². The maximum Gasteiger partial charge on any atom is 0.419 e. The third kappa shape index (κ3) is 3.38. The summed E-state index contributed by atoms with van der Waals surface area (Å²) in [6.07, 6.45) is -3.94. The Kier molecular flexibility index (Phi) is 4.43. The lowest BCUT2D eigenvalue weighted by molar-refractivity contribution is -0.140. The van der Waals surface area contributed by atoms with Gasteiger partial charge in [-0.3, -0.25) is 4.79 Å². The molecule has 0 aromatic carbocycles. The van der Waals surface area contributed by atoms with Crippen molar-refractivity contribution in [3.8, 4) is 0 Å². The smallest absolute Gasteiger partial charge is 0.341 e. The molecule has 0 saturated carbocycles. The second kappa shape index (κ2) is 5.84. The number of likely N-dealkylation sites (N-methyl/N-ethyl adjacent to an activating group) is 1. The van der Waals surface area contributed by atoms with Gasteiger partial charge in [-0.05, 0) is 19.1 Å². The van der Waals surface area contributed by atoms with Crippen molar-refractivity contribution in [1.82, 2.24) is 14.6 Å². The molecule has 1 aliphatic rings. The van der Waals surface area contributed by atoms with E-state index in [0.717, 1.165) is 12.3 Å². The molecule has 2 rings (SSSR count). The van der Waals surface area contributed by atoms with Crippen molar-refractivity contribution < 1.29 is 26.4 Å². The lowest BCUT2D eigenvalue weighted by Crippen LogP contribution is -2.38. The maximum absolute atomic E-state index is 12.9. The predicted molar refractivity (Wildman–Crippen MR) is 70.2 cm³/mol. The van der Waals surface area contributed by atoms with E-state index in [1.165, 1.54) is 4.90 Å². The summed E-state index contributed by atoms with van der Waals surface area (Å²) in [6.45, 7) is 2.27. The molecule has 0 aliphatic carbocycles. The Hall–Kier alpha value is -1.68. The number of sulfonamides is 1. The topological polar surface area (TPSA) is 79.4 Å². The molecule has 1 amide bonds. The monoisotopic (exact) mass is 337 g/mol. The number of alkyl halides is 3. The van der Waals surface area contributed by atoms with Gasteiger partial charge in [0.25, 0.3) is 10.0 Å². The highest BCUT2D eigenvalue weighted by molar-refractivity contribution is 7.89. The highest BCUT2D eigenvalue weighted by atomic mass is 32.2. The number of likely N-dealkylation sites (tertiary alicyclic amines) is 1. The number of nitrogens with one attached hydrogen (secondary N) is 1. The van der Waals surface area contributed by atoms with Gasteiger partial charge >= 0.3 is 6.18 Å². The number of carbonyl (C=O) groups is 1. The number of pyridine rings is 1. The molecule has 1 unspecified atom stereocenters. The molecule has 1 aliphatic heterocycles. The SMILES string of the molecule is CCN1CC(NS(=O)(=O)c2ncccc2C(F)(F)F)CC1=O. The highest BCUT2D eigenvalue weighted by Gasteiger charge is 2.40. The lowest BCUT2D eigenvalue weighted by atomic mass is 10.3. The van der Waals surface area contributed by atoms with E-state index in [0.29, 0.717) is 12.6 Å². The van der Waals surface area contributed by atoms with Crippen molar-refractivity contribution in [3.05, 3.63) is 23.9 Å². The summed E-state index contributed by atoms with van der Waals surface area (Å²) in [5.74, 6) is -0.243. The Balaban J connectivity index is 2.28. The minimum absolute atomic E-state index is 0.0821. The van der Waals surface area contributed by atoms with E-state index in [1.807, 2.05) is 0 Å². The summed E-state index contributed by atoms with van der Waals surface area (Å²) in [4.78, 5) is 16.3. The van der Waals surface area contributed by atoms with Gasteiger partial charge in [-0.25, -0.2) is 18.1 Å². The summed E-state index contributed by atoms with van der Waals surface area (Å²) in [5, 5.41) is -1.08. The van der Waals surface area contributed by atoms with Crippen molar-refractivity contribution in [2.45, 2.75) is 30.6 Å². The number of carbonyl (C=O) groups excluding carboxylic acids is 1. The minimum Gasteiger partial charge on any atom is -0.341 e. The van der Waals surface area contributed by atoms with Crippen LogP contribution in [0.15, 0.2) is 23.4 Å². The summed E-state index contributed by atoms with van der Waals surface area (Å²) in [5.41, 5.74) is -1.33. The zero-order chi connectivity index (χ0) is 16.5. The second-order valence-electron chi connectivity index (χ2n) is 4.81. The fourth-order valence-corrected chi connectivity index (χ4v) is 3.63. The van der Waals surface area contributed by atoms with Crippen LogP contribution in [0.5, 0.6) is 0 Å². The van der Waals surface area contributed by atoms with Gasteiger partial charge in [0, 0.05) is 31.7 Å². The first-order valence-electron chi connectivity index (χ1n) is 6.47. The van der Waals surface area contributed by atoms with Crippen LogP contribution in [-0.4, -0.2) is 43.3 Å². The third-order valence-electron chi connectivity index (χ3n) is 3.25. The molecule has 1 fully saturated rings. The molecule has 1 N–H and O–H groups in total.